The van der Waals surface area contributed by atoms with Gasteiger partial charge in [-0.3, -0.25) is 14.5 Å². The zero-order chi connectivity index (χ0) is 22.5. The number of amides is 1. The number of carbonyl (C=O) groups excluding carboxylic acids is 1. The Morgan fingerprint density at radius 2 is 1.94 bits per heavy atom. The highest BCUT2D eigenvalue weighted by molar-refractivity contribution is 7.93. The number of carbonyl (C=O) groups is 1. The van der Waals surface area contributed by atoms with E-state index in [0.717, 1.165) is 24.4 Å². The number of rotatable bonds is 4. The zero-order valence-corrected chi connectivity index (χ0v) is 18.6. The monoisotopic (exact) mass is 473 g/mol. The molecule has 2 aromatic carbocycles. The normalized spacial score (nSPS) is 15.5. The number of fused-ring (bicyclic) bond motifs is 2. The minimum Gasteiger partial charge on any atom is -0.408 e. The number of likely N-dealkylation sites (N-methyl/N-ethyl adjacent to an activating group) is 1. The summed E-state index contributed by atoms with van der Waals surface area (Å²) >= 11 is 1.15. The first-order valence-corrected chi connectivity index (χ1v) is 12.1. The fourth-order valence-corrected chi connectivity index (χ4v) is 5.72. The summed E-state index contributed by atoms with van der Waals surface area (Å²) < 4.78 is 33.7. The van der Waals surface area contributed by atoms with Crippen LogP contribution in [-0.2, 0) is 10.0 Å². The van der Waals surface area contributed by atoms with Crippen molar-refractivity contribution in [1.82, 2.24) is 19.8 Å². The van der Waals surface area contributed by atoms with E-state index in [4.69, 9.17) is 4.42 Å². The van der Waals surface area contributed by atoms with E-state index in [9.17, 15) is 18.0 Å². The van der Waals surface area contributed by atoms with E-state index in [1.165, 1.54) is 18.2 Å². The summed E-state index contributed by atoms with van der Waals surface area (Å²) in [5, 5.41) is 0.180. The summed E-state index contributed by atoms with van der Waals surface area (Å²) in [6.45, 7) is 3.01. The van der Waals surface area contributed by atoms with Crippen molar-refractivity contribution in [1.29, 1.82) is 0 Å². The van der Waals surface area contributed by atoms with Gasteiger partial charge in [-0.05, 0) is 37.4 Å². The number of oxazole rings is 1. The largest absolute Gasteiger partial charge is 0.417 e. The molecule has 3 heterocycles. The molecule has 0 atom stereocenters. The van der Waals surface area contributed by atoms with Gasteiger partial charge in [-0.1, -0.05) is 11.3 Å². The van der Waals surface area contributed by atoms with Gasteiger partial charge in [-0.15, -0.1) is 0 Å². The van der Waals surface area contributed by atoms with Gasteiger partial charge in [0, 0.05) is 37.8 Å². The van der Waals surface area contributed by atoms with Crippen LogP contribution in [0.5, 0.6) is 0 Å². The van der Waals surface area contributed by atoms with E-state index in [1.54, 1.807) is 18.2 Å². The third-order valence-electron chi connectivity index (χ3n) is 5.35. The Hall–Kier alpha value is -3.22. The minimum atomic E-state index is -3.95. The standard InChI is InChI=1S/C20H19N5O5S2/c1-24-6-8-25(9-7-24)18(26)12-2-4-15-17(10-12)31-19(21-15)23-32(28,29)13-3-5-14-16(11-13)30-20(27)22-14/h2-5,10-11H,6-9H2,1H3,(H,21,23)(H,22,27). The number of piperazine rings is 1. The van der Waals surface area contributed by atoms with Gasteiger partial charge in [0.25, 0.3) is 15.9 Å². The van der Waals surface area contributed by atoms with E-state index < -0.39 is 15.8 Å². The van der Waals surface area contributed by atoms with Crippen LogP contribution >= 0.6 is 11.3 Å². The molecule has 10 nitrogen and oxygen atoms in total. The van der Waals surface area contributed by atoms with E-state index >= 15 is 0 Å². The van der Waals surface area contributed by atoms with Crippen molar-refractivity contribution in [2.45, 2.75) is 4.90 Å². The molecule has 5 rings (SSSR count). The number of aromatic nitrogens is 2. The second-order valence-corrected chi connectivity index (χ2v) is 10.3. The Morgan fingerprint density at radius 1 is 1.16 bits per heavy atom. The average Bonchev–Trinajstić information content (AvgIpc) is 3.33. The molecule has 0 aliphatic carbocycles. The van der Waals surface area contributed by atoms with Crippen molar-refractivity contribution < 1.29 is 17.6 Å². The summed E-state index contributed by atoms with van der Waals surface area (Å²) in [6, 6.07) is 9.28. The van der Waals surface area contributed by atoms with Crippen LogP contribution in [-0.4, -0.2) is 67.3 Å². The van der Waals surface area contributed by atoms with Crippen LogP contribution in [0.4, 0.5) is 5.13 Å². The number of H-pyrrole nitrogens is 1. The van der Waals surface area contributed by atoms with Gasteiger partial charge in [0.2, 0.25) is 0 Å². The predicted octanol–water partition coefficient (Wildman–Crippen LogP) is 1.92. The van der Waals surface area contributed by atoms with Crippen LogP contribution in [0.1, 0.15) is 10.4 Å². The SMILES string of the molecule is CN1CCN(C(=O)c2ccc3nc(NS(=O)(=O)c4ccc5[nH]c(=O)oc5c4)sc3c2)CC1. The third kappa shape index (κ3) is 3.87. The zero-order valence-electron chi connectivity index (χ0n) is 17.0. The Labute approximate surface area is 186 Å². The topological polar surface area (TPSA) is 129 Å². The Morgan fingerprint density at radius 3 is 2.72 bits per heavy atom. The molecule has 32 heavy (non-hydrogen) atoms. The summed E-state index contributed by atoms with van der Waals surface area (Å²) in [5.74, 6) is -0.701. The highest BCUT2D eigenvalue weighted by Gasteiger charge is 2.22. The summed E-state index contributed by atoms with van der Waals surface area (Å²) in [7, 11) is -1.92. The minimum absolute atomic E-state index is 0.0446. The Bertz CT molecular complexity index is 1500. The summed E-state index contributed by atoms with van der Waals surface area (Å²) in [6.07, 6.45) is 0. The van der Waals surface area contributed by atoms with Crippen molar-refractivity contribution in [3.8, 4) is 0 Å². The Balaban J connectivity index is 1.39. The smallest absolute Gasteiger partial charge is 0.408 e. The van der Waals surface area contributed by atoms with E-state index in [-0.39, 0.29) is 21.5 Å². The van der Waals surface area contributed by atoms with E-state index in [1.807, 2.05) is 11.9 Å². The van der Waals surface area contributed by atoms with Crippen molar-refractivity contribution >= 4 is 53.7 Å². The predicted molar refractivity (Wildman–Crippen MR) is 121 cm³/mol. The number of benzene rings is 2. The summed E-state index contributed by atoms with van der Waals surface area (Å²) in [5.41, 5.74) is 1.70. The third-order valence-corrected chi connectivity index (χ3v) is 7.75. The van der Waals surface area contributed by atoms with Crippen LogP contribution < -0.4 is 10.5 Å². The first-order valence-electron chi connectivity index (χ1n) is 9.83. The maximum absolute atomic E-state index is 12.8. The van der Waals surface area contributed by atoms with Gasteiger partial charge in [0.15, 0.2) is 10.7 Å². The highest BCUT2D eigenvalue weighted by Crippen LogP contribution is 2.29. The lowest BCUT2D eigenvalue weighted by atomic mass is 10.1. The Kier molecular flexibility index (Phi) is 4.99. The lowest BCUT2D eigenvalue weighted by Gasteiger charge is -2.32. The highest BCUT2D eigenvalue weighted by atomic mass is 32.2. The molecular weight excluding hydrogens is 454 g/mol. The molecule has 1 aliphatic rings. The van der Waals surface area contributed by atoms with Crippen LogP contribution in [0.25, 0.3) is 21.3 Å². The first-order chi connectivity index (χ1) is 15.3. The molecule has 1 fully saturated rings. The lowest BCUT2D eigenvalue weighted by molar-refractivity contribution is 0.0664. The quantitative estimate of drug-likeness (QED) is 0.463. The van der Waals surface area contributed by atoms with Crippen LogP contribution in [0, 0.1) is 0 Å². The molecule has 1 saturated heterocycles. The van der Waals surface area contributed by atoms with Gasteiger partial charge in [-0.2, -0.15) is 0 Å². The second kappa shape index (κ2) is 7.73. The molecule has 166 valence electrons. The van der Waals surface area contributed by atoms with E-state index in [2.05, 4.69) is 19.6 Å². The van der Waals surface area contributed by atoms with Crippen LogP contribution in [0.2, 0.25) is 0 Å². The molecule has 0 bridgehead atoms. The van der Waals surface area contributed by atoms with Gasteiger partial charge >= 0.3 is 5.76 Å². The number of thiazole rings is 1. The fourth-order valence-electron chi connectivity index (χ4n) is 3.56. The lowest BCUT2D eigenvalue weighted by Crippen LogP contribution is -2.47. The fraction of sp³-hybridized carbons (Fsp3) is 0.250. The molecule has 0 unspecified atom stereocenters. The number of nitrogens with zero attached hydrogens (tertiary/aromatic N) is 3. The molecular formula is C20H19N5O5S2. The average molecular weight is 474 g/mol. The van der Waals surface area contributed by atoms with Crippen LogP contribution in [0.15, 0.2) is 50.5 Å². The molecule has 2 aromatic heterocycles. The number of sulfonamides is 1. The number of nitrogens with one attached hydrogen (secondary N) is 2. The molecule has 1 amide bonds. The van der Waals surface area contributed by atoms with Gasteiger partial charge in [-0.25, -0.2) is 18.2 Å². The summed E-state index contributed by atoms with van der Waals surface area (Å²) in [4.78, 5) is 34.9. The van der Waals surface area contributed by atoms with Crippen molar-refractivity contribution in [2.75, 3.05) is 37.9 Å². The van der Waals surface area contributed by atoms with E-state index in [0.29, 0.717) is 34.4 Å². The molecule has 2 N–H and O–H groups in total. The number of hydrogen-bond donors (Lipinski definition) is 2. The molecule has 12 heteroatoms. The van der Waals surface area contributed by atoms with Crippen molar-refractivity contribution in [2.24, 2.45) is 0 Å². The maximum atomic E-state index is 12.8. The van der Waals surface area contributed by atoms with Crippen molar-refractivity contribution in [3.05, 3.63) is 52.5 Å². The second-order valence-electron chi connectivity index (χ2n) is 7.57. The number of hydrogen-bond acceptors (Lipinski definition) is 8. The van der Waals surface area contributed by atoms with Gasteiger partial charge in [0.1, 0.15) is 0 Å². The van der Waals surface area contributed by atoms with Gasteiger partial charge < -0.3 is 14.2 Å². The van der Waals surface area contributed by atoms with Gasteiger partial charge in [0.05, 0.1) is 20.6 Å². The van der Waals surface area contributed by atoms with Crippen LogP contribution in [0.3, 0.4) is 0 Å². The number of anilines is 1. The molecule has 0 spiro atoms. The number of aromatic amines is 1. The molecule has 1 aliphatic heterocycles. The molecule has 4 aromatic rings. The van der Waals surface area contributed by atoms with Crippen molar-refractivity contribution in [3.63, 3.8) is 0 Å². The maximum Gasteiger partial charge on any atom is 0.417 e. The molecule has 0 saturated carbocycles. The first kappa shape index (κ1) is 20.7. The molecule has 0 radical (unpaired) electrons.